The highest BCUT2D eigenvalue weighted by atomic mass is 35.5. The molecule has 0 fully saturated rings. The van der Waals surface area contributed by atoms with E-state index in [1.807, 2.05) is 42.5 Å². The smallest absolute Gasteiger partial charge is 0.400 e. The van der Waals surface area contributed by atoms with Crippen molar-refractivity contribution in [2.45, 2.75) is 46.5 Å². The van der Waals surface area contributed by atoms with Gasteiger partial charge in [0.15, 0.2) is 10.9 Å². The second-order valence-electron chi connectivity index (χ2n) is 9.04. The fraction of sp³-hybridized carbons (Fsp3) is 0.333. The van der Waals surface area contributed by atoms with E-state index in [1.54, 1.807) is 12.1 Å². The van der Waals surface area contributed by atoms with Crippen molar-refractivity contribution in [1.82, 2.24) is 4.98 Å². The van der Waals surface area contributed by atoms with Gasteiger partial charge < -0.3 is 9.15 Å². The minimum Gasteiger partial charge on any atom is -0.429 e. The van der Waals surface area contributed by atoms with Gasteiger partial charge in [-0.05, 0) is 34.9 Å². The first kappa shape index (κ1) is 21.1. The van der Waals surface area contributed by atoms with E-state index in [9.17, 15) is 4.79 Å². The average molecular weight is 412 g/mol. The molecule has 0 spiro atoms. The van der Waals surface area contributed by atoms with E-state index < -0.39 is 5.97 Å². The predicted octanol–water partition coefficient (Wildman–Crippen LogP) is 6.93. The Balaban J connectivity index is 1.73. The van der Waals surface area contributed by atoms with Crippen LogP contribution in [0.4, 0.5) is 0 Å². The number of ether oxygens (including phenoxy) is 1. The Kier molecular flexibility index (Phi) is 5.85. The summed E-state index contributed by atoms with van der Waals surface area (Å²) in [6.45, 7) is 11.1. The van der Waals surface area contributed by atoms with Crippen LogP contribution in [0.5, 0.6) is 5.75 Å². The van der Waals surface area contributed by atoms with E-state index in [-0.39, 0.29) is 21.9 Å². The molecule has 0 aliphatic heterocycles. The molecule has 1 aromatic heterocycles. The third-order valence-electron chi connectivity index (χ3n) is 4.62. The van der Waals surface area contributed by atoms with Crippen LogP contribution in [-0.4, -0.2) is 11.0 Å². The zero-order chi connectivity index (χ0) is 21.2. The van der Waals surface area contributed by atoms with Gasteiger partial charge in [-0.3, -0.25) is 0 Å². The van der Waals surface area contributed by atoms with Crippen LogP contribution in [0.2, 0.25) is 5.15 Å². The summed E-state index contributed by atoms with van der Waals surface area (Å²) in [6, 6.07) is 16.8. The van der Waals surface area contributed by atoms with Gasteiger partial charge in [0.2, 0.25) is 0 Å². The van der Waals surface area contributed by atoms with Gasteiger partial charge in [-0.25, -0.2) is 4.79 Å². The van der Waals surface area contributed by atoms with Crippen LogP contribution in [0.1, 0.15) is 57.3 Å². The molecule has 0 radical (unpaired) electrons. The van der Waals surface area contributed by atoms with Crippen LogP contribution < -0.4 is 4.74 Å². The van der Waals surface area contributed by atoms with Gasteiger partial charge in [0.1, 0.15) is 5.75 Å². The Hall–Kier alpha value is -2.59. The molecule has 0 amide bonds. The summed E-state index contributed by atoms with van der Waals surface area (Å²) in [5.74, 6) is -0.0823. The van der Waals surface area contributed by atoms with Gasteiger partial charge in [0.05, 0.1) is 0 Å². The Morgan fingerprint density at radius 1 is 1.00 bits per heavy atom. The van der Waals surface area contributed by atoms with Crippen molar-refractivity contribution in [3.8, 4) is 17.1 Å². The molecule has 0 saturated heterocycles. The highest BCUT2D eigenvalue weighted by Gasteiger charge is 2.27. The molecule has 5 heteroatoms. The molecule has 0 aliphatic carbocycles. The number of benzene rings is 2. The highest BCUT2D eigenvalue weighted by molar-refractivity contribution is 6.31. The second-order valence-corrected chi connectivity index (χ2v) is 9.40. The minimum absolute atomic E-state index is 0.0153. The van der Waals surface area contributed by atoms with E-state index in [2.05, 4.69) is 39.6 Å². The molecule has 0 atom stereocenters. The number of esters is 1. The number of halogens is 1. The predicted molar refractivity (Wildman–Crippen MR) is 115 cm³/mol. The lowest BCUT2D eigenvalue weighted by atomic mass is 9.72. The first-order valence-electron chi connectivity index (χ1n) is 9.60. The largest absolute Gasteiger partial charge is 0.429 e. The van der Waals surface area contributed by atoms with Crippen molar-refractivity contribution >= 4 is 17.6 Å². The van der Waals surface area contributed by atoms with Crippen LogP contribution in [-0.2, 0) is 5.41 Å². The number of rotatable bonds is 5. The first-order valence-corrected chi connectivity index (χ1v) is 9.97. The maximum Gasteiger partial charge on any atom is 0.400 e. The normalized spacial score (nSPS) is 12.1. The summed E-state index contributed by atoms with van der Waals surface area (Å²) in [6.07, 6.45) is 1.04. The van der Waals surface area contributed by atoms with Gasteiger partial charge in [0.25, 0.3) is 0 Å². The van der Waals surface area contributed by atoms with Crippen molar-refractivity contribution in [1.29, 1.82) is 0 Å². The van der Waals surface area contributed by atoms with Gasteiger partial charge in [-0.2, -0.15) is 4.98 Å². The fourth-order valence-electron chi connectivity index (χ4n) is 3.71. The minimum atomic E-state index is -0.684. The topological polar surface area (TPSA) is 52.3 Å². The van der Waals surface area contributed by atoms with Crippen molar-refractivity contribution in [3.05, 3.63) is 71.2 Å². The molecule has 0 bridgehead atoms. The lowest BCUT2D eigenvalue weighted by Gasteiger charge is -2.33. The van der Waals surface area contributed by atoms with Crippen LogP contribution in [0.3, 0.4) is 0 Å². The lowest BCUT2D eigenvalue weighted by Crippen LogP contribution is -2.24. The van der Waals surface area contributed by atoms with Gasteiger partial charge in [-0.15, -0.1) is 0 Å². The van der Waals surface area contributed by atoms with Crippen LogP contribution >= 0.6 is 11.6 Å². The Bertz CT molecular complexity index is 983. The number of hydrogen-bond acceptors (Lipinski definition) is 4. The zero-order valence-electron chi connectivity index (χ0n) is 17.5. The van der Waals surface area contributed by atoms with E-state index in [0.717, 1.165) is 12.0 Å². The Labute approximate surface area is 176 Å². The van der Waals surface area contributed by atoms with Crippen molar-refractivity contribution in [2.75, 3.05) is 0 Å². The highest BCUT2D eigenvalue weighted by Crippen LogP contribution is 2.36. The maximum absolute atomic E-state index is 12.4. The molecule has 0 saturated carbocycles. The number of hydrogen-bond donors (Lipinski definition) is 0. The fourth-order valence-corrected chi connectivity index (χ4v) is 3.93. The van der Waals surface area contributed by atoms with Crippen LogP contribution in [0.15, 0.2) is 59.0 Å². The Morgan fingerprint density at radius 3 is 2.21 bits per heavy atom. The monoisotopic (exact) mass is 411 g/mol. The first-order chi connectivity index (χ1) is 13.5. The van der Waals surface area contributed by atoms with E-state index in [4.69, 9.17) is 20.8 Å². The number of oxazole rings is 1. The van der Waals surface area contributed by atoms with E-state index in [0.29, 0.717) is 11.5 Å². The van der Waals surface area contributed by atoms with Crippen molar-refractivity contribution < 1.29 is 13.9 Å². The third-order valence-corrected chi connectivity index (χ3v) is 4.87. The lowest BCUT2D eigenvalue weighted by molar-refractivity contribution is 0.0694. The summed E-state index contributed by atoms with van der Waals surface area (Å²) >= 11 is 6.14. The average Bonchev–Trinajstić information content (AvgIpc) is 3.03. The number of carbonyl (C=O) groups excluding carboxylic acids is 1. The molecule has 1 heterocycles. The molecule has 0 aliphatic rings. The molecule has 2 aromatic carbocycles. The number of nitrogens with zero attached hydrogens (tertiary/aromatic N) is 1. The molecule has 0 N–H and O–H groups in total. The van der Waals surface area contributed by atoms with Crippen molar-refractivity contribution in [2.24, 2.45) is 5.41 Å². The van der Waals surface area contributed by atoms with Crippen LogP contribution in [0, 0.1) is 5.41 Å². The summed E-state index contributed by atoms with van der Waals surface area (Å²) in [5, 5.41) is 0.127. The van der Waals surface area contributed by atoms with Gasteiger partial charge in [-0.1, -0.05) is 88.7 Å². The van der Waals surface area contributed by atoms with Gasteiger partial charge >= 0.3 is 11.9 Å². The SMILES string of the molecule is CC(C)(C)CC(C)(C)c1ccc(OC(=O)c2nc(Cl)c(-c3ccccc3)o2)cc1. The zero-order valence-corrected chi connectivity index (χ0v) is 18.2. The standard InChI is InChI=1S/C24H26ClNO3/c1-23(2,3)15-24(4,5)17-11-13-18(14-12-17)28-22(27)21-26-20(25)19(29-21)16-9-7-6-8-10-16/h6-14H,15H2,1-5H3. The number of carbonyl (C=O) groups is 1. The Morgan fingerprint density at radius 2 is 1.62 bits per heavy atom. The summed E-state index contributed by atoms with van der Waals surface area (Å²) in [7, 11) is 0. The molecule has 4 nitrogen and oxygen atoms in total. The van der Waals surface area contributed by atoms with E-state index >= 15 is 0 Å². The molecular formula is C24H26ClNO3. The number of aromatic nitrogens is 1. The molecule has 3 rings (SSSR count). The van der Waals surface area contributed by atoms with Gasteiger partial charge in [0, 0.05) is 5.56 Å². The summed E-state index contributed by atoms with van der Waals surface area (Å²) in [4.78, 5) is 16.4. The third kappa shape index (κ3) is 5.27. The molecular weight excluding hydrogens is 386 g/mol. The molecule has 29 heavy (non-hydrogen) atoms. The molecule has 152 valence electrons. The second kappa shape index (κ2) is 8.03. The van der Waals surface area contributed by atoms with Crippen LogP contribution in [0.25, 0.3) is 11.3 Å². The molecule has 3 aromatic rings. The summed E-state index contributed by atoms with van der Waals surface area (Å²) in [5.41, 5.74) is 2.17. The quantitative estimate of drug-likeness (QED) is 0.337. The van der Waals surface area contributed by atoms with Crippen molar-refractivity contribution in [3.63, 3.8) is 0 Å². The summed E-state index contributed by atoms with van der Waals surface area (Å²) < 4.78 is 11.0. The van der Waals surface area contributed by atoms with E-state index in [1.165, 1.54) is 5.56 Å². The maximum atomic E-state index is 12.4. The molecule has 0 unspecified atom stereocenters.